The first-order chi connectivity index (χ1) is 12.4. The number of ether oxygens (including phenoxy) is 1. The lowest BCUT2D eigenvalue weighted by Crippen LogP contribution is -2.30. The molecule has 1 aromatic heterocycles. The molecule has 0 atom stereocenters. The summed E-state index contributed by atoms with van der Waals surface area (Å²) in [7, 11) is 0. The van der Waals surface area contributed by atoms with Crippen LogP contribution in [0.25, 0.3) is 0 Å². The van der Waals surface area contributed by atoms with Gasteiger partial charge in [-0.05, 0) is 26.7 Å². The predicted octanol–water partition coefficient (Wildman–Crippen LogP) is 3.48. The molecule has 0 bridgehead atoms. The zero-order chi connectivity index (χ0) is 19.4. The largest absolute Gasteiger partial charge is 0.462 e. The summed E-state index contributed by atoms with van der Waals surface area (Å²) in [5.74, 6) is -0.302. The number of aromatic amines is 1. The number of nitrogens with zero attached hydrogens (tertiary/aromatic N) is 1. The summed E-state index contributed by atoms with van der Waals surface area (Å²) < 4.78 is 6.63. The number of carbonyl (C=O) groups excluding carboxylic acids is 1. The van der Waals surface area contributed by atoms with Gasteiger partial charge in [-0.2, -0.15) is 0 Å². The topological polar surface area (TPSA) is 81.2 Å². The average Bonchev–Trinajstić information content (AvgIpc) is 2.59. The number of aryl methyl sites for hydroxylation is 2. The first-order valence-corrected chi connectivity index (χ1v) is 9.55. The zero-order valence-corrected chi connectivity index (χ0v) is 16.1. The van der Waals surface area contributed by atoms with E-state index in [9.17, 15) is 14.4 Å². The third-order valence-electron chi connectivity index (χ3n) is 4.31. The second kappa shape index (κ2) is 12.3. The number of rotatable bonds is 13. The van der Waals surface area contributed by atoms with Crippen molar-refractivity contribution < 1.29 is 9.53 Å². The second-order valence-electron chi connectivity index (χ2n) is 6.86. The molecule has 26 heavy (non-hydrogen) atoms. The van der Waals surface area contributed by atoms with Crippen molar-refractivity contribution in [3.63, 3.8) is 0 Å². The van der Waals surface area contributed by atoms with Crippen LogP contribution in [0.15, 0.2) is 27.9 Å². The quantitative estimate of drug-likeness (QED) is 0.330. The van der Waals surface area contributed by atoms with E-state index in [1.807, 2.05) is 0 Å². The van der Waals surface area contributed by atoms with Gasteiger partial charge in [-0.1, -0.05) is 51.5 Å². The van der Waals surface area contributed by atoms with Crippen LogP contribution in [0.5, 0.6) is 0 Å². The van der Waals surface area contributed by atoms with Crippen LogP contribution in [0, 0.1) is 6.92 Å². The number of hydrogen-bond donors (Lipinski definition) is 1. The van der Waals surface area contributed by atoms with Crippen molar-refractivity contribution in [3.8, 4) is 0 Å². The van der Waals surface area contributed by atoms with Crippen LogP contribution in [0.2, 0.25) is 0 Å². The van der Waals surface area contributed by atoms with Crippen LogP contribution in [-0.2, 0) is 16.1 Å². The van der Waals surface area contributed by atoms with Gasteiger partial charge >= 0.3 is 11.7 Å². The second-order valence-corrected chi connectivity index (χ2v) is 6.86. The SMILES string of the molecule is C=C(C)C(=O)OCCCCCCCCCCCn1cc(C)c(=O)[nH]c1=O. The van der Waals surface area contributed by atoms with E-state index < -0.39 is 0 Å². The van der Waals surface area contributed by atoms with Gasteiger partial charge in [0.25, 0.3) is 5.56 Å². The van der Waals surface area contributed by atoms with Crippen LogP contribution >= 0.6 is 0 Å². The Morgan fingerprint density at radius 3 is 2.15 bits per heavy atom. The Hall–Kier alpha value is -2.11. The highest BCUT2D eigenvalue weighted by Gasteiger charge is 2.02. The van der Waals surface area contributed by atoms with Crippen LogP contribution in [0.3, 0.4) is 0 Å². The van der Waals surface area contributed by atoms with E-state index >= 15 is 0 Å². The number of hydrogen-bond acceptors (Lipinski definition) is 4. The maximum absolute atomic E-state index is 11.7. The summed E-state index contributed by atoms with van der Waals surface area (Å²) in [6, 6.07) is 0. The van der Waals surface area contributed by atoms with Crippen LogP contribution in [0.1, 0.15) is 70.3 Å². The van der Waals surface area contributed by atoms with Gasteiger partial charge in [-0.3, -0.25) is 9.78 Å². The van der Waals surface area contributed by atoms with Crippen molar-refractivity contribution >= 4 is 5.97 Å². The van der Waals surface area contributed by atoms with Gasteiger partial charge in [0, 0.05) is 23.9 Å². The molecule has 0 fully saturated rings. The van der Waals surface area contributed by atoms with Crippen molar-refractivity contribution in [2.24, 2.45) is 0 Å². The van der Waals surface area contributed by atoms with Gasteiger partial charge in [0.15, 0.2) is 0 Å². The number of H-pyrrole nitrogens is 1. The van der Waals surface area contributed by atoms with Gasteiger partial charge < -0.3 is 9.30 Å². The van der Waals surface area contributed by atoms with E-state index in [4.69, 9.17) is 4.74 Å². The highest BCUT2D eigenvalue weighted by Crippen LogP contribution is 2.10. The normalized spacial score (nSPS) is 10.7. The maximum Gasteiger partial charge on any atom is 0.333 e. The molecule has 6 nitrogen and oxygen atoms in total. The highest BCUT2D eigenvalue weighted by atomic mass is 16.5. The molecule has 0 aromatic carbocycles. The molecule has 1 heterocycles. The molecule has 6 heteroatoms. The van der Waals surface area contributed by atoms with Gasteiger partial charge in [-0.25, -0.2) is 9.59 Å². The number of unbranched alkanes of at least 4 members (excludes halogenated alkanes) is 8. The Labute approximate surface area is 155 Å². The lowest BCUT2D eigenvalue weighted by molar-refractivity contribution is -0.139. The minimum Gasteiger partial charge on any atom is -0.462 e. The van der Waals surface area contributed by atoms with Crippen LogP contribution in [0.4, 0.5) is 0 Å². The van der Waals surface area contributed by atoms with Crippen LogP contribution < -0.4 is 11.2 Å². The first kappa shape index (κ1) is 21.9. The fourth-order valence-corrected chi connectivity index (χ4v) is 2.69. The number of nitrogens with one attached hydrogen (secondary N) is 1. The minimum absolute atomic E-state index is 0.302. The van der Waals surface area contributed by atoms with Crippen LogP contribution in [-0.4, -0.2) is 22.1 Å². The summed E-state index contributed by atoms with van der Waals surface area (Å²) in [5.41, 5.74) is 0.388. The fourth-order valence-electron chi connectivity index (χ4n) is 2.69. The van der Waals surface area contributed by atoms with Crippen molar-refractivity contribution in [1.29, 1.82) is 0 Å². The third kappa shape index (κ3) is 8.83. The summed E-state index contributed by atoms with van der Waals surface area (Å²) in [5, 5.41) is 0. The maximum atomic E-state index is 11.7. The molecule has 0 saturated carbocycles. The molecule has 0 aliphatic carbocycles. The van der Waals surface area contributed by atoms with E-state index in [0.717, 1.165) is 38.5 Å². The summed E-state index contributed by atoms with van der Waals surface area (Å²) in [6.45, 7) is 8.04. The van der Waals surface area contributed by atoms with Crippen molar-refractivity contribution in [3.05, 3.63) is 44.8 Å². The molecule has 1 N–H and O–H groups in total. The lowest BCUT2D eigenvalue weighted by Gasteiger charge is -2.06. The predicted molar refractivity (Wildman–Crippen MR) is 103 cm³/mol. The molecule has 0 unspecified atom stereocenters. The Balaban J connectivity index is 1.96. The Bertz CT molecular complexity index is 688. The number of aromatic nitrogens is 2. The Morgan fingerprint density at radius 2 is 1.58 bits per heavy atom. The van der Waals surface area contributed by atoms with E-state index in [0.29, 0.717) is 24.3 Å². The van der Waals surface area contributed by atoms with E-state index in [1.54, 1.807) is 24.6 Å². The average molecular weight is 364 g/mol. The third-order valence-corrected chi connectivity index (χ3v) is 4.31. The van der Waals surface area contributed by atoms with E-state index in [1.165, 1.54) is 19.3 Å². The number of esters is 1. The van der Waals surface area contributed by atoms with E-state index in [2.05, 4.69) is 11.6 Å². The van der Waals surface area contributed by atoms with E-state index in [-0.39, 0.29) is 17.2 Å². The summed E-state index contributed by atoms with van der Waals surface area (Å²) >= 11 is 0. The molecular formula is C20H32N2O4. The lowest BCUT2D eigenvalue weighted by atomic mass is 10.1. The minimum atomic E-state index is -0.325. The summed E-state index contributed by atoms with van der Waals surface area (Å²) in [4.78, 5) is 36.5. The highest BCUT2D eigenvalue weighted by molar-refractivity contribution is 5.86. The van der Waals surface area contributed by atoms with Gasteiger partial charge in [0.05, 0.1) is 6.61 Å². The standard InChI is InChI=1S/C20H32N2O4/c1-16(2)19(24)26-14-12-10-8-6-4-5-7-9-11-13-22-15-17(3)18(23)21-20(22)25/h15H,1,4-14H2,2-3H3,(H,21,23,25). The Kier molecular flexibility index (Phi) is 10.4. The van der Waals surface area contributed by atoms with Crippen molar-refractivity contribution in [2.75, 3.05) is 6.61 Å². The molecule has 1 rings (SSSR count). The first-order valence-electron chi connectivity index (χ1n) is 9.55. The zero-order valence-electron chi connectivity index (χ0n) is 16.1. The molecule has 1 aromatic rings. The molecule has 0 spiro atoms. The monoisotopic (exact) mass is 364 g/mol. The van der Waals surface area contributed by atoms with Gasteiger partial charge in [0.1, 0.15) is 0 Å². The number of carbonyl (C=O) groups is 1. The smallest absolute Gasteiger partial charge is 0.333 e. The van der Waals surface area contributed by atoms with Gasteiger partial charge in [-0.15, -0.1) is 0 Å². The Morgan fingerprint density at radius 1 is 1.04 bits per heavy atom. The fraction of sp³-hybridized carbons (Fsp3) is 0.650. The van der Waals surface area contributed by atoms with Crippen molar-refractivity contribution in [1.82, 2.24) is 9.55 Å². The molecular weight excluding hydrogens is 332 g/mol. The molecule has 0 aliphatic heterocycles. The molecule has 0 aliphatic rings. The van der Waals surface area contributed by atoms with Gasteiger partial charge in [0.2, 0.25) is 0 Å². The molecule has 0 amide bonds. The molecule has 0 radical (unpaired) electrons. The molecule has 146 valence electrons. The van der Waals surface area contributed by atoms with Crippen molar-refractivity contribution in [2.45, 2.75) is 78.2 Å². The summed E-state index contributed by atoms with van der Waals surface area (Å²) in [6.07, 6.45) is 11.6. The molecule has 0 saturated heterocycles.